The van der Waals surface area contributed by atoms with Crippen molar-refractivity contribution < 1.29 is 9.53 Å². The maximum absolute atomic E-state index is 13.6. The molecule has 0 saturated carbocycles. The number of nitriles is 1. The minimum absolute atomic E-state index is 0.0954. The Morgan fingerprint density at radius 1 is 0.905 bits per heavy atom. The first-order chi connectivity index (χ1) is 20.4. The zero-order chi connectivity index (χ0) is 29.2. The van der Waals surface area contributed by atoms with Crippen molar-refractivity contribution in [2.75, 3.05) is 26.0 Å². The van der Waals surface area contributed by atoms with E-state index in [-0.39, 0.29) is 11.8 Å². The minimum Gasteiger partial charge on any atom is -0.461 e. The molecular weight excluding hydrogens is 522 g/mol. The number of nitrogens with zero attached hydrogens (tertiary/aromatic N) is 5. The molecule has 0 amide bonds. The quantitative estimate of drug-likeness (QED) is 0.248. The number of hydrogen-bond acceptors (Lipinski definition) is 7. The van der Waals surface area contributed by atoms with Crippen LogP contribution in [0.25, 0.3) is 0 Å². The van der Waals surface area contributed by atoms with Crippen molar-refractivity contribution in [3.63, 3.8) is 0 Å². The Kier molecular flexibility index (Phi) is 7.47. The highest BCUT2D eigenvalue weighted by molar-refractivity contribution is 6.03. The summed E-state index contributed by atoms with van der Waals surface area (Å²) in [6, 6.07) is 33.7. The second kappa shape index (κ2) is 11.5. The Bertz CT molecular complexity index is 1650. The molecule has 6 rings (SSSR count). The van der Waals surface area contributed by atoms with Gasteiger partial charge in [0.05, 0.1) is 23.4 Å². The maximum atomic E-state index is 13.6. The van der Waals surface area contributed by atoms with Crippen LogP contribution in [0.5, 0.6) is 5.75 Å². The largest absolute Gasteiger partial charge is 0.461 e. The first kappa shape index (κ1) is 27.3. The Balaban J connectivity index is 1.18. The van der Waals surface area contributed by atoms with Gasteiger partial charge in [-0.1, -0.05) is 54.6 Å². The van der Waals surface area contributed by atoms with Crippen LogP contribution in [0.15, 0.2) is 102 Å². The topological polar surface area (TPSA) is 72.2 Å². The molecule has 2 aliphatic heterocycles. The summed E-state index contributed by atoms with van der Waals surface area (Å²) in [6.07, 6.45) is -0.199. The number of carbonyl (C=O) groups excluding carboxylic acids is 1. The standard InChI is InChI=1S/C35H33N5O2/c1-38(2)29-18-12-26(13-19-29)23-39(3)22-25-10-14-27(15-11-25)31-20-32-30-6-4-5-7-33(30)42-35(40(32)37-31)34(41)28-16-8-24(21-36)9-17-28/h4-19,32,35H,20,22-23H2,1-3H3. The lowest BCUT2D eigenvalue weighted by atomic mass is 9.95. The van der Waals surface area contributed by atoms with Gasteiger partial charge in [0.15, 0.2) is 0 Å². The molecule has 2 atom stereocenters. The van der Waals surface area contributed by atoms with Crippen LogP contribution >= 0.6 is 0 Å². The van der Waals surface area contributed by atoms with E-state index in [9.17, 15) is 4.79 Å². The average molecular weight is 556 g/mol. The molecule has 2 heterocycles. The molecular formula is C35H33N5O2. The van der Waals surface area contributed by atoms with E-state index >= 15 is 0 Å². The van der Waals surface area contributed by atoms with Crippen LogP contribution < -0.4 is 9.64 Å². The fourth-order valence-corrected chi connectivity index (χ4v) is 5.61. The van der Waals surface area contributed by atoms with Gasteiger partial charge in [-0.2, -0.15) is 10.4 Å². The summed E-state index contributed by atoms with van der Waals surface area (Å²) in [5.41, 5.74) is 7.70. The first-order valence-corrected chi connectivity index (χ1v) is 14.1. The van der Waals surface area contributed by atoms with Crippen molar-refractivity contribution in [2.24, 2.45) is 5.10 Å². The van der Waals surface area contributed by atoms with E-state index in [0.717, 1.165) is 29.9 Å². The summed E-state index contributed by atoms with van der Waals surface area (Å²) < 4.78 is 6.23. The van der Waals surface area contributed by atoms with Crippen molar-refractivity contribution in [2.45, 2.75) is 31.8 Å². The molecule has 7 heteroatoms. The molecule has 0 fully saturated rings. The first-order valence-electron chi connectivity index (χ1n) is 14.1. The van der Waals surface area contributed by atoms with E-state index in [4.69, 9.17) is 15.1 Å². The van der Waals surface area contributed by atoms with Gasteiger partial charge in [0.25, 0.3) is 6.23 Å². The molecule has 7 nitrogen and oxygen atoms in total. The van der Waals surface area contributed by atoms with Gasteiger partial charge in [0.1, 0.15) is 5.75 Å². The number of anilines is 1. The van der Waals surface area contributed by atoms with Gasteiger partial charge in [-0.05, 0) is 66.2 Å². The lowest BCUT2D eigenvalue weighted by molar-refractivity contribution is -0.00455. The van der Waals surface area contributed by atoms with Crippen LogP contribution in [-0.4, -0.2) is 48.8 Å². The number of benzene rings is 4. The van der Waals surface area contributed by atoms with Crippen LogP contribution in [0.2, 0.25) is 0 Å². The van der Waals surface area contributed by atoms with Crippen molar-refractivity contribution in [1.29, 1.82) is 5.26 Å². The highest BCUT2D eigenvalue weighted by atomic mass is 16.5. The van der Waals surface area contributed by atoms with E-state index in [1.165, 1.54) is 16.8 Å². The molecule has 210 valence electrons. The maximum Gasteiger partial charge on any atom is 0.251 e. The molecule has 2 unspecified atom stereocenters. The number of ether oxygens (including phenoxy) is 1. The third-order valence-electron chi connectivity index (χ3n) is 7.87. The van der Waals surface area contributed by atoms with Gasteiger partial charge in [0.2, 0.25) is 5.78 Å². The van der Waals surface area contributed by atoms with Crippen molar-refractivity contribution in [3.05, 3.63) is 130 Å². The van der Waals surface area contributed by atoms with Crippen LogP contribution in [0.1, 0.15) is 50.6 Å². The fourth-order valence-electron chi connectivity index (χ4n) is 5.61. The summed E-state index contributed by atoms with van der Waals surface area (Å²) in [4.78, 5) is 18.0. The fraction of sp³-hybridized carbons (Fsp3) is 0.229. The number of hydrazone groups is 1. The third-order valence-corrected chi connectivity index (χ3v) is 7.87. The highest BCUT2D eigenvalue weighted by Crippen LogP contribution is 2.43. The Morgan fingerprint density at radius 2 is 1.55 bits per heavy atom. The van der Waals surface area contributed by atoms with Gasteiger partial charge in [-0.25, -0.2) is 5.01 Å². The van der Waals surface area contributed by atoms with Gasteiger partial charge in [0, 0.05) is 50.4 Å². The summed E-state index contributed by atoms with van der Waals surface area (Å²) in [5, 5.41) is 15.9. The van der Waals surface area contributed by atoms with Gasteiger partial charge < -0.3 is 9.64 Å². The Hall–Kier alpha value is -4.93. The molecule has 0 bridgehead atoms. The molecule has 2 aliphatic rings. The van der Waals surface area contributed by atoms with Crippen LogP contribution in [-0.2, 0) is 13.1 Å². The monoisotopic (exact) mass is 555 g/mol. The normalized spacial score (nSPS) is 17.1. The molecule has 0 saturated heterocycles. The summed E-state index contributed by atoms with van der Waals surface area (Å²) >= 11 is 0. The second-order valence-electron chi connectivity index (χ2n) is 11.1. The Morgan fingerprint density at radius 3 is 2.19 bits per heavy atom. The third kappa shape index (κ3) is 5.50. The van der Waals surface area contributed by atoms with E-state index < -0.39 is 6.23 Å². The number of hydrogen-bond donors (Lipinski definition) is 0. The zero-order valence-electron chi connectivity index (χ0n) is 24.1. The van der Waals surface area contributed by atoms with E-state index in [1.54, 1.807) is 24.3 Å². The van der Waals surface area contributed by atoms with E-state index in [1.807, 2.05) is 29.3 Å². The number of ketones is 1. The second-order valence-corrected chi connectivity index (χ2v) is 11.1. The van der Waals surface area contributed by atoms with Gasteiger partial charge >= 0.3 is 0 Å². The number of carbonyl (C=O) groups is 1. The predicted molar refractivity (Wildman–Crippen MR) is 164 cm³/mol. The SMILES string of the molecule is CN(Cc1ccc(C2=NN3C(C(=O)c4ccc(C#N)cc4)Oc4ccccc4C3C2)cc1)Cc1ccc(N(C)C)cc1. The summed E-state index contributed by atoms with van der Waals surface area (Å²) in [6.45, 7) is 1.70. The highest BCUT2D eigenvalue weighted by Gasteiger charge is 2.43. The number of fused-ring (bicyclic) bond motifs is 3. The molecule has 0 radical (unpaired) electrons. The molecule has 0 spiro atoms. The molecule has 0 aliphatic carbocycles. The van der Waals surface area contributed by atoms with Crippen LogP contribution in [0, 0.1) is 11.3 Å². The zero-order valence-corrected chi connectivity index (χ0v) is 24.1. The molecule has 42 heavy (non-hydrogen) atoms. The summed E-state index contributed by atoms with van der Waals surface area (Å²) in [5.74, 6) is 0.524. The van der Waals surface area contributed by atoms with Crippen LogP contribution in [0.3, 0.4) is 0 Å². The van der Waals surface area contributed by atoms with E-state index in [2.05, 4.69) is 85.5 Å². The lowest BCUT2D eigenvalue weighted by Crippen LogP contribution is -2.45. The van der Waals surface area contributed by atoms with Crippen molar-refractivity contribution >= 4 is 17.2 Å². The number of para-hydroxylation sites is 1. The van der Waals surface area contributed by atoms with Crippen molar-refractivity contribution in [3.8, 4) is 11.8 Å². The number of Topliss-reactive ketones (excluding diaryl/α,β-unsaturated/α-hetero) is 1. The number of rotatable bonds is 8. The van der Waals surface area contributed by atoms with Gasteiger partial charge in [-0.15, -0.1) is 0 Å². The molecule has 4 aromatic rings. The van der Waals surface area contributed by atoms with Crippen molar-refractivity contribution in [1.82, 2.24) is 9.91 Å². The smallest absolute Gasteiger partial charge is 0.251 e. The minimum atomic E-state index is -0.880. The molecule has 0 aromatic heterocycles. The molecule has 4 aromatic carbocycles. The van der Waals surface area contributed by atoms with Gasteiger partial charge in [-0.3, -0.25) is 9.69 Å². The lowest BCUT2D eigenvalue weighted by Gasteiger charge is -2.37. The molecule has 0 N–H and O–H groups in total. The summed E-state index contributed by atoms with van der Waals surface area (Å²) in [7, 11) is 6.24. The van der Waals surface area contributed by atoms with E-state index in [0.29, 0.717) is 23.3 Å². The van der Waals surface area contributed by atoms with Crippen LogP contribution in [0.4, 0.5) is 5.69 Å². The average Bonchev–Trinajstić information content (AvgIpc) is 3.47. The Labute approximate surface area is 246 Å². The predicted octanol–water partition coefficient (Wildman–Crippen LogP) is 6.01.